The Morgan fingerprint density at radius 1 is 0.850 bits per heavy atom. The fourth-order valence-electron chi connectivity index (χ4n) is 2.59. The van der Waals surface area contributed by atoms with E-state index in [4.69, 9.17) is 0 Å². The zero-order chi connectivity index (χ0) is 15.0. The molecular weight excluding hydrogens is 283 g/mol. The molecule has 0 unspecified atom stereocenters. The molecule has 1 rings (SSSR count). The van der Waals surface area contributed by atoms with Crippen molar-refractivity contribution in [3.05, 3.63) is 28.8 Å². The first-order chi connectivity index (χ1) is 8.57. The van der Waals surface area contributed by atoms with Crippen molar-refractivity contribution in [2.75, 3.05) is 0 Å². The SMILES string of the molecule is CC(C)c1ccc(S(=O)(=O)[O-])c(C(C)C)c1C(C)C.[Na+]. The van der Waals surface area contributed by atoms with Crippen molar-refractivity contribution < 1.29 is 42.5 Å². The summed E-state index contributed by atoms with van der Waals surface area (Å²) in [5.41, 5.74) is 2.84. The molecule has 0 saturated heterocycles. The standard InChI is InChI=1S/C15H24O3S.Na/c1-9(2)12-7-8-13(19(16,17)18)15(11(5)6)14(12)10(3)4;/h7-11H,1-6H3,(H,16,17,18);/q;+1/p-1. The van der Waals surface area contributed by atoms with E-state index in [1.54, 1.807) is 6.07 Å². The van der Waals surface area contributed by atoms with Crippen LogP contribution < -0.4 is 29.6 Å². The predicted octanol–water partition coefficient (Wildman–Crippen LogP) is 0.965. The van der Waals surface area contributed by atoms with E-state index < -0.39 is 10.1 Å². The van der Waals surface area contributed by atoms with Gasteiger partial charge in [0.05, 0.1) is 4.90 Å². The molecule has 1 aromatic rings. The number of hydrogen-bond acceptors (Lipinski definition) is 3. The summed E-state index contributed by atoms with van der Waals surface area (Å²) in [5, 5.41) is 0. The van der Waals surface area contributed by atoms with Crippen LogP contribution in [-0.4, -0.2) is 13.0 Å². The van der Waals surface area contributed by atoms with E-state index in [1.807, 2.05) is 27.7 Å². The van der Waals surface area contributed by atoms with Gasteiger partial charge in [-0.2, -0.15) is 0 Å². The molecule has 0 aliphatic rings. The topological polar surface area (TPSA) is 57.2 Å². The van der Waals surface area contributed by atoms with E-state index in [9.17, 15) is 13.0 Å². The van der Waals surface area contributed by atoms with Gasteiger partial charge in [0.15, 0.2) is 0 Å². The summed E-state index contributed by atoms with van der Waals surface area (Å²) in [6.07, 6.45) is 0. The average molecular weight is 306 g/mol. The largest absolute Gasteiger partial charge is 1.00 e. The number of hydrogen-bond donors (Lipinski definition) is 0. The first kappa shape index (κ1) is 20.1. The van der Waals surface area contributed by atoms with Crippen LogP contribution in [0, 0.1) is 0 Å². The molecule has 1 aromatic carbocycles. The Kier molecular flexibility index (Phi) is 7.46. The maximum Gasteiger partial charge on any atom is 1.00 e. The summed E-state index contributed by atoms with van der Waals surface area (Å²) < 4.78 is 34.4. The van der Waals surface area contributed by atoms with Crippen LogP contribution in [0.15, 0.2) is 17.0 Å². The minimum Gasteiger partial charge on any atom is -0.744 e. The Morgan fingerprint density at radius 2 is 1.30 bits per heavy atom. The Labute approximate surface area is 145 Å². The van der Waals surface area contributed by atoms with Crippen molar-refractivity contribution in [3.63, 3.8) is 0 Å². The van der Waals surface area contributed by atoms with Gasteiger partial charge in [0.25, 0.3) is 0 Å². The van der Waals surface area contributed by atoms with Crippen LogP contribution in [0.4, 0.5) is 0 Å². The molecule has 0 radical (unpaired) electrons. The van der Waals surface area contributed by atoms with Gasteiger partial charge in [0.2, 0.25) is 0 Å². The Balaban J connectivity index is 0.00000361. The summed E-state index contributed by atoms with van der Waals surface area (Å²) in [4.78, 5) is -0.0596. The van der Waals surface area contributed by atoms with E-state index in [0.717, 1.165) is 11.1 Å². The average Bonchev–Trinajstić information content (AvgIpc) is 2.25. The van der Waals surface area contributed by atoms with Gasteiger partial charge in [0.1, 0.15) is 10.1 Å². The summed E-state index contributed by atoms with van der Waals surface area (Å²) in [6.45, 7) is 12.1. The molecule has 0 heterocycles. The van der Waals surface area contributed by atoms with Crippen molar-refractivity contribution in [1.82, 2.24) is 0 Å². The summed E-state index contributed by atoms with van der Waals surface area (Å²) >= 11 is 0. The molecule has 3 nitrogen and oxygen atoms in total. The molecule has 0 amide bonds. The third-order valence-corrected chi connectivity index (χ3v) is 4.22. The van der Waals surface area contributed by atoms with Gasteiger partial charge < -0.3 is 4.55 Å². The van der Waals surface area contributed by atoms with Gasteiger partial charge in [0, 0.05) is 0 Å². The van der Waals surface area contributed by atoms with Crippen LogP contribution in [-0.2, 0) is 10.1 Å². The Bertz CT molecular complexity index is 561. The molecule has 5 heteroatoms. The maximum atomic E-state index is 11.5. The van der Waals surface area contributed by atoms with Gasteiger partial charge in [-0.1, -0.05) is 47.6 Å². The minimum atomic E-state index is -4.43. The van der Waals surface area contributed by atoms with Crippen LogP contribution in [0.5, 0.6) is 0 Å². The van der Waals surface area contributed by atoms with Crippen molar-refractivity contribution in [2.24, 2.45) is 0 Å². The van der Waals surface area contributed by atoms with Crippen molar-refractivity contribution in [3.8, 4) is 0 Å². The van der Waals surface area contributed by atoms with Crippen molar-refractivity contribution >= 4 is 10.1 Å². The summed E-state index contributed by atoms with van der Waals surface area (Å²) in [5.74, 6) is 0.504. The zero-order valence-electron chi connectivity index (χ0n) is 13.5. The number of benzene rings is 1. The quantitative estimate of drug-likeness (QED) is 0.615. The van der Waals surface area contributed by atoms with Crippen LogP contribution in [0.3, 0.4) is 0 Å². The van der Waals surface area contributed by atoms with E-state index >= 15 is 0 Å². The van der Waals surface area contributed by atoms with Crippen LogP contribution >= 0.6 is 0 Å². The van der Waals surface area contributed by atoms with Gasteiger partial charge in [-0.05, 0) is 40.5 Å². The molecule has 0 bridgehead atoms. The van der Waals surface area contributed by atoms with Gasteiger partial charge >= 0.3 is 29.6 Å². The smallest absolute Gasteiger partial charge is 0.744 e. The molecule has 0 saturated carbocycles. The molecule has 20 heavy (non-hydrogen) atoms. The van der Waals surface area contributed by atoms with Crippen molar-refractivity contribution in [2.45, 2.75) is 64.2 Å². The first-order valence-corrected chi connectivity index (χ1v) is 8.10. The molecule has 0 spiro atoms. The maximum absolute atomic E-state index is 11.5. The number of rotatable bonds is 4. The Morgan fingerprint density at radius 3 is 1.60 bits per heavy atom. The van der Waals surface area contributed by atoms with Gasteiger partial charge in [-0.3, -0.25) is 0 Å². The van der Waals surface area contributed by atoms with E-state index in [-0.39, 0.29) is 46.3 Å². The Hall–Kier alpha value is 0.130. The predicted molar refractivity (Wildman–Crippen MR) is 76.7 cm³/mol. The second-order valence-electron chi connectivity index (χ2n) is 5.90. The fourth-order valence-corrected chi connectivity index (χ4v) is 3.44. The van der Waals surface area contributed by atoms with E-state index in [1.165, 1.54) is 6.07 Å². The molecule has 0 N–H and O–H groups in total. The van der Waals surface area contributed by atoms with Crippen molar-refractivity contribution in [1.29, 1.82) is 0 Å². The first-order valence-electron chi connectivity index (χ1n) is 6.69. The third-order valence-electron chi connectivity index (χ3n) is 3.33. The molecule has 0 fully saturated rings. The summed E-state index contributed by atoms with van der Waals surface area (Å²) in [7, 11) is -4.43. The van der Waals surface area contributed by atoms with Crippen LogP contribution in [0.2, 0.25) is 0 Å². The molecule has 0 aliphatic carbocycles. The molecule has 0 aromatic heterocycles. The second kappa shape index (κ2) is 7.41. The fraction of sp³-hybridized carbons (Fsp3) is 0.600. The monoisotopic (exact) mass is 306 g/mol. The molecule has 0 aliphatic heterocycles. The minimum absolute atomic E-state index is 0. The second-order valence-corrected chi connectivity index (χ2v) is 7.25. The third kappa shape index (κ3) is 4.31. The van der Waals surface area contributed by atoms with Gasteiger partial charge in [-0.25, -0.2) is 8.42 Å². The molecular formula is C15H23NaO3S. The van der Waals surface area contributed by atoms with Crippen LogP contribution in [0.25, 0.3) is 0 Å². The zero-order valence-corrected chi connectivity index (χ0v) is 16.3. The molecule has 108 valence electrons. The van der Waals surface area contributed by atoms with E-state index in [2.05, 4.69) is 13.8 Å². The van der Waals surface area contributed by atoms with Crippen LogP contribution in [0.1, 0.15) is 76.0 Å². The molecule has 0 atom stereocenters. The van der Waals surface area contributed by atoms with Gasteiger partial charge in [-0.15, -0.1) is 0 Å². The normalized spacial score (nSPS) is 12.1. The summed E-state index contributed by atoms with van der Waals surface area (Å²) in [6, 6.07) is 3.26. The van der Waals surface area contributed by atoms with E-state index in [0.29, 0.717) is 11.5 Å².